The van der Waals surface area contributed by atoms with Crippen LogP contribution in [0.4, 0.5) is 0 Å². The van der Waals surface area contributed by atoms with E-state index in [4.69, 9.17) is 10.5 Å². The molecule has 6 heteroatoms. The monoisotopic (exact) mass is 316 g/mol. The maximum atomic E-state index is 11.7. The summed E-state index contributed by atoms with van der Waals surface area (Å²) < 4.78 is 5.76. The van der Waals surface area contributed by atoms with Gasteiger partial charge in [-0.2, -0.15) is 0 Å². The number of ether oxygens (including phenoxy) is 1. The molecule has 0 radical (unpaired) electrons. The Morgan fingerprint density at radius 3 is 2.56 bits per heavy atom. The van der Waals surface area contributed by atoms with Gasteiger partial charge in [0.1, 0.15) is 22.4 Å². The lowest BCUT2D eigenvalue weighted by Crippen LogP contribution is -2.41. The van der Waals surface area contributed by atoms with Gasteiger partial charge in [-0.1, -0.05) is 6.07 Å². The summed E-state index contributed by atoms with van der Waals surface area (Å²) in [5, 5.41) is 9.97. The highest BCUT2D eigenvalue weighted by Crippen LogP contribution is 2.19. The largest absolute Gasteiger partial charge is 0.459 e. The molecule has 5 nitrogen and oxygen atoms in total. The van der Waals surface area contributed by atoms with Crippen LogP contribution in [-0.4, -0.2) is 27.7 Å². The lowest BCUT2D eigenvalue weighted by molar-refractivity contribution is -0.159. The van der Waals surface area contributed by atoms with Crippen LogP contribution in [0.25, 0.3) is 0 Å². The van der Waals surface area contributed by atoms with Crippen molar-refractivity contribution in [1.82, 2.24) is 4.98 Å². The molecule has 2 atom stereocenters. The van der Waals surface area contributed by atoms with Crippen molar-refractivity contribution in [2.24, 2.45) is 5.73 Å². The van der Waals surface area contributed by atoms with E-state index in [0.717, 1.165) is 0 Å². The van der Waals surface area contributed by atoms with E-state index < -0.39 is 23.7 Å². The number of hydrogen-bond acceptors (Lipinski definition) is 5. The lowest BCUT2D eigenvalue weighted by atomic mass is 10.0. The molecule has 1 aromatic heterocycles. The molecule has 1 heterocycles. The highest BCUT2D eigenvalue weighted by molar-refractivity contribution is 9.10. The summed E-state index contributed by atoms with van der Waals surface area (Å²) in [5.41, 5.74) is 5.51. The number of aliphatic hydroxyl groups excluding tert-OH is 1. The van der Waals surface area contributed by atoms with E-state index in [-0.39, 0.29) is 0 Å². The predicted molar refractivity (Wildman–Crippen MR) is 70.7 cm³/mol. The molecule has 0 spiro atoms. The van der Waals surface area contributed by atoms with E-state index in [2.05, 4.69) is 20.9 Å². The van der Waals surface area contributed by atoms with Crippen LogP contribution in [-0.2, 0) is 9.53 Å². The fraction of sp³-hybridized carbons (Fsp3) is 0.500. The van der Waals surface area contributed by atoms with Crippen molar-refractivity contribution in [3.63, 3.8) is 0 Å². The molecule has 0 fully saturated rings. The zero-order valence-corrected chi connectivity index (χ0v) is 12.1. The molecule has 0 aliphatic heterocycles. The van der Waals surface area contributed by atoms with Gasteiger partial charge in [0.2, 0.25) is 0 Å². The van der Waals surface area contributed by atoms with Gasteiger partial charge < -0.3 is 15.6 Å². The Bertz CT molecular complexity index is 414. The fourth-order valence-corrected chi connectivity index (χ4v) is 1.50. The number of rotatable bonds is 3. The Balaban J connectivity index is 2.74. The molecule has 0 aromatic carbocycles. The number of carbonyl (C=O) groups excluding carboxylic acids is 1. The zero-order valence-electron chi connectivity index (χ0n) is 10.6. The first-order chi connectivity index (χ1) is 8.20. The molecular formula is C12H17BrN2O3. The summed E-state index contributed by atoms with van der Waals surface area (Å²) in [7, 11) is 0. The number of pyridine rings is 1. The van der Waals surface area contributed by atoms with E-state index in [0.29, 0.717) is 10.2 Å². The first-order valence-corrected chi connectivity index (χ1v) is 6.28. The lowest BCUT2D eigenvalue weighted by Gasteiger charge is -2.24. The Hall–Kier alpha value is -0.980. The minimum atomic E-state index is -1.14. The van der Waals surface area contributed by atoms with Crippen LogP contribution < -0.4 is 5.73 Å². The number of nitrogens with two attached hydrogens (primary N) is 1. The summed E-state index contributed by atoms with van der Waals surface area (Å²) in [6.07, 6.45) is 0.319. The molecule has 18 heavy (non-hydrogen) atoms. The molecule has 0 aliphatic rings. The van der Waals surface area contributed by atoms with Crippen molar-refractivity contribution in [2.75, 3.05) is 0 Å². The molecule has 0 aliphatic carbocycles. The minimum absolute atomic E-state index is 0.469. The van der Waals surface area contributed by atoms with Crippen LogP contribution in [0.3, 0.4) is 0 Å². The van der Waals surface area contributed by atoms with Crippen molar-refractivity contribution in [3.8, 4) is 0 Å². The number of esters is 1. The van der Waals surface area contributed by atoms with Crippen molar-refractivity contribution in [3.05, 3.63) is 28.5 Å². The van der Waals surface area contributed by atoms with Crippen molar-refractivity contribution >= 4 is 21.9 Å². The van der Waals surface area contributed by atoms with E-state index in [1.165, 1.54) is 6.20 Å². The molecule has 1 rings (SSSR count). The van der Waals surface area contributed by atoms with Crippen LogP contribution in [0.1, 0.15) is 32.4 Å². The Labute approximate surface area is 114 Å². The van der Waals surface area contributed by atoms with E-state index in [9.17, 15) is 9.90 Å². The summed E-state index contributed by atoms with van der Waals surface area (Å²) in [5.74, 6) is -0.641. The number of nitrogens with zero attached hydrogens (tertiary/aromatic N) is 1. The average Bonchev–Trinajstić information content (AvgIpc) is 2.26. The topological polar surface area (TPSA) is 85.4 Å². The second kappa shape index (κ2) is 5.77. The molecule has 100 valence electrons. The van der Waals surface area contributed by atoms with Gasteiger partial charge in [-0.15, -0.1) is 0 Å². The van der Waals surface area contributed by atoms with E-state index in [1.807, 2.05) is 0 Å². The smallest absolute Gasteiger partial charge is 0.326 e. The Kier molecular flexibility index (Phi) is 4.84. The third-order valence-electron chi connectivity index (χ3n) is 2.11. The van der Waals surface area contributed by atoms with Gasteiger partial charge >= 0.3 is 5.97 Å². The molecular weight excluding hydrogens is 300 g/mol. The van der Waals surface area contributed by atoms with Crippen LogP contribution in [0.15, 0.2) is 22.9 Å². The Morgan fingerprint density at radius 1 is 1.50 bits per heavy atom. The number of carbonyl (C=O) groups is 1. The van der Waals surface area contributed by atoms with Gasteiger partial charge in [-0.05, 0) is 42.8 Å². The SMILES string of the molecule is CC(C)(C)OC(=O)[C@H](N)[C@H](O)c1ccc(Br)nc1. The van der Waals surface area contributed by atoms with Crippen molar-refractivity contribution in [1.29, 1.82) is 0 Å². The quantitative estimate of drug-likeness (QED) is 0.652. The fourth-order valence-electron chi connectivity index (χ4n) is 1.27. The predicted octanol–water partition coefficient (Wildman–Crippen LogP) is 1.55. The summed E-state index contributed by atoms with van der Waals surface area (Å²) in [6, 6.07) is 2.18. The standard InChI is InChI=1S/C12H17BrN2O3/c1-12(2,3)18-11(17)9(14)10(16)7-4-5-8(13)15-6-7/h4-6,9-10,16H,14H2,1-3H3/t9-,10-/m1/s1. The van der Waals surface area contributed by atoms with Crippen LogP contribution in [0, 0.1) is 0 Å². The second-order valence-electron chi connectivity index (χ2n) is 4.92. The Morgan fingerprint density at radius 2 is 2.11 bits per heavy atom. The van der Waals surface area contributed by atoms with Gasteiger partial charge in [0.15, 0.2) is 0 Å². The highest BCUT2D eigenvalue weighted by atomic mass is 79.9. The molecule has 0 saturated carbocycles. The molecule has 0 bridgehead atoms. The highest BCUT2D eigenvalue weighted by Gasteiger charge is 2.29. The molecule has 0 saturated heterocycles. The van der Waals surface area contributed by atoms with Gasteiger partial charge in [-0.25, -0.2) is 4.98 Å². The van der Waals surface area contributed by atoms with Crippen LogP contribution >= 0.6 is 15.9 Å². The van der Waals surface area contributed by atoms with Crippen LogP contribution in [0.2, 0.25) is 0 Å². The van der Waals surface area contributed by atoms with E-state index >= 15 is 0 Å². The number of halogens is 1. The molecule has 0 unspecified atom stereocenters. The molecule has 0 amide bonds. The van der Waals surface area contributed by atoms with Crippen molar-refractivity contribution < 1.29 is 14.6 Å². The van der Waals surface area contributed by atoms with Gasteiger partial charge in [-0.3, -0.25) is 4.79 Å². The number of aliphatic hydroxyl groups is 1. The molecule has 1 aromatic rings. The zero-order chi connectivity index (χ0) is 13.9. The second-order valence-corrected chi connectivity index (χ2v) is 5.73. The minimum Gasteiger partial charge on any atom is -0.459 e. The number of aromatic nitrogens is 1. The third-order valence-corrected chi connectivity index (χ3v) is 2.58. The summed E-state index contributed by atoms with van der Waals surface area (Å²) in [6.45, 7) is 5.22. The number of hydrogen-bond donors (Lipinski definition) is 2. The first-order valence-electron chi connectivity index (χ1n) is 5.48. The summed E-state index contributed by atoms with van der Waals surface area (Å²) in [4.78, 5) is 15.7. The normalized spacial score (nSPS) is 15.0. The molecule has 3 N–H and O–H groups in total. The third kappa shape index (κ3) is 4.36. The van der Waals surface area contributed by atoms with Gasteiger partial charge in [0.05, 0.1) is 0 Å². The first kappa shape index (κ1) is 15.1. The maximum absolute atomic E-state index is 11.7. The maximum Gasteiger partial charge on any atom is 0.326 e. The van der Waals surface area contributed by atoms with Crippen LogP contribution in [0.5, 0.6) is 0 Å². The van der Waals surface area contributed by atoms with Crippen molar-refractivity contribution in [2.45, 2.75) is 38.5 Å². The van der Waals surface area contributed by atoms with Gasteiger partial charge in [0, 0.05) is 11.8 Å². The summed E-state index contributed by atoms with van der Waals surface area (Å²) >= 11 is 3.18. The van der Waals surface area contributed by atoms with Gasteiger partial charge in [0.25, 0.3) is 0 Å². The average molecular weight is 317 g/mol. The van der Waals surface area contributed by atoms with E-state index in [1.54, 1.807) is 32.9 Å².